The summed E-state index contributed by atoms with van der Waals surface area (Å²) in [6.07, 6.45) is 2.52. The van der Waals surface area contributed by atoms with E-state index < -0.39 is 0 Å². The quantitative estimate of drug-likeness (QED) is 0.711. The van der Waals surface area contributed by atoms with Gasteiger partial charge in [0.2, 0.25) is 0 Å². The summed E-state index contributed by atoms with van der Waals surface area (Å²) in [7, 11) is 0. The van der Waals surface area contributed by atoms with Crippen LogP contribution in [-0.2, 0) is 0 Å². The van der Waals surface area contributed by atoms with E-state index in [1.165, 1.54) is 19.4 Å². The van der Waals surface area contributed by atoms with E-state index in [0.717, 1.165) is 25.6 Å². The highest BCUT2D eigenvalue weighted by Crippen LogP contribution is 2.09. The molecule has 1 aliphatic heterocycles. The van der Waals surface area contributed by atoms with Crippen LogP contribution in [0, 0.1) is 17.8 Å². The second kappa shape index (κ2) is 6.87. The second-order valence-electron chi connectivity index (χ2n) is 4.80. The number of hydrogen-bond acceptors (Lipinski definition) is 2. The molecule has 1 rings (SSSR count). The highest BCUT2D eigenvalue weighted by molar-refractivity contribution is 4.98. The third-order valence-electron chi connectivity index (χ3n) is 2.80. The van der Waals surface area contributed by atoms with Crippen LogP contribution in [0.3, 0.4) is 0 Å². The van der Waals surface area contributed by atoms with E-state index in [0.29, 0.717) is 6.04 Å². The van der Waals surface area contributed by atoms with Gasteiger partial charge < -0.3 is 5.32 Å². The van der Waals surface area contributed by atoms with Crippen LogP contribution in [0.4, 0.5) is 0 Å². The van der Waals surface area contributed by atoms with Crippen LogP contribution in [0.1, 0.15) is 33.6 Å². The fraction of sp³-hybridized carbons (Fsp3) is 0.846. The van der Waals surface area contributed by atoms with Crippen LogP contribution in [0.25, 0.3) is 0 Å². The molecule has 1 N–H and O–H groups in total. The van der Waals surface area contributed by atoms with E-state index in [4.69, 9.17) is 0 Å². The highest BCUT2D eigenvalue weighted by atomic mass is 15.2. The molecule has 1 unspecified atom stereocenters. The Hall–Kier alpha value is -0.520. The van der Waals surface area contributed by atoms with E-state index in [2.05, 4.69) is 35.9 Å². The van der Waals surface area contributed by atoms with E-state index in [1.54, 1.807) is 0 Å². The fourth-order valence-electron chi connectivity index (χ4n) is 2.14. The molecular weight excluding hydrogens is 184 g/mol. The molecule has 0 aromatic carbocycles. The number of rotatable bonds is 3. The lowest BCUT2D eigenvalue weighted by molar-refractivity contribution is 0.282. The summed E-state index contributed by atoms with van der Waals surface area (Å²) in [5, 5.41) is 3.63. The van der Waals surface area contributed by atoms with Crippen molar-refractivity contribution in [3.05, 3.63) is 0 Å². The summed E-state index contributed by atoms with van der Waals surface area (Å²) in [4.78, 5) is 2.48. The van der Waals surface area contributed by atoms with Gasteiger partial charge in [-0.05, 0) is 32.2 Å². The Morgan fingerprint density at radius 3 is 2.93 bits per heavy atom. The van der Waals surface area contributed by atoms with E-state index in [-0.39, 0.29) is 0 Å². The highest BCUT2D eigenvalue weighted by Gasteiger charge is 2.17. The van der Waals surface area contributed by atoms with Gasteiger partial charge in [0.1, 0.15) is 0 Å². The molecule has 1 heterocycles. The smallest absolute Gasteiger partial charge is 0.0602 e. The van der Waals surface area contributed by atoms with Gasteiger partial charge in [-0.15, -0.1) is 5.92 Å². The van der Waals surface area contributed by atoms with Crippen molar-refractivity contribution in [2.24, 2.45) is 5.92 Å². The van der Waals surface area contributed by atoms with Gasteiger partial charge >= 0.3 is 0 Å². The van der Waals surface area contributed by atoms with Crippen molar-refractivity contribution in [3.63, 3.8) is 0 Å². The monoisotopic (exact) mass is 208 g/mol. The second-order valence-corrected chi connectivity index (χ2v) is 4.80. The maximum Gasteiger partial charge on any atom is 0.0602 e. The Kier molecular flexibility index (Phi) is 5.75. The van der Waals surface area contributed by atoms with E-state index >= 15 is 0 Å². The minimum Gasteiger partial charge on any atom is -0.313 e. The largest absolute Gasteiger partial charge is 0.313 e. The molecule has 0 aliphatic carbocycles. The maximum atomic E-state index is 3.63. The van der Waals surface area contributed by atoms with Crippen molar-refractivity contribution in [3.8, 4) is 11.8 Å². The topological polar surface area (TPSA) is 15.3 Å². The molecular formula is C13H24N2. The molecule has 0 spiro atoms. The molecule has 0 bridgehead atoms. The number of nitrogens with zero attached hydrogens (tertiary/aromatic N) is 1. The minimum atomic E-state index is 0.658. The normalized spacial score (nSPS) is 23.3. The SMILES string of the molecule is CC#CCN1CCCNC(CC(C)C)C1. The lowest BCUT2D eigenvalue weighted by Gasteiger charge is -2.23. The summed E-state index contributed by atoms with van der Waals surface area (Å²) >= 11 is 0. The van der Waals surface area contributed by atoms with Gasteiger partial charge in [-0.25, -0.2) is 0 Å². The predicted octanol–water partition coefficient (Wildman–Crippen LogP) is 1.72. The summed E-state index contributed by atoms with van der Waals surface area (Å²) in [5.74, 6) is 6.92. The molecule has 2 nitrogen and oxygen atoms in total. The zero-order valence-corrected chi connectivity index (χ0v) is 10.3. The maximum absolute atomic E-state index is 3.63. The summed E-state index contributed by atoms with van der Waals surface area (Å²) in [6, 6.07) is 0.658. The Morgan fingerprint density at radius 2 is 2.27 bits per heavy atom. The lowest BCUT2D eigenvalue weighted by Crippen LogP contribution is -2.38. The molecule has 2 heteroatoms. The molecule has 15 heavy (non-hydrogen) atoms. The molecule has 1 atom stereocenters. The Labute approximate surface area is 94.4 Å². The van der Waals surface area contributed by atoms with Gasteiger partial charge in [0.15, 0.2) is 0 Å². The Bertz CT molecular complexity index is 224. The third-order valence-corrected chi connectivity index (χ3v) is 2.80. The average Bonchev–Trinajstić information content (AvgIpc) is 2.39. The lowest BCUT2D eigenvalue weighted by atomic mass is 10.0. The molecule has 0 amide bonds. The summed E-state index contributed by atoms with van der Waals surface area (Å²) in [6.45, 7) is 11.0. The first-order chi connectivity index (χ1) is 7.22. The minimum absolute atomic E-state index is 0.658. The Morgan fingerprint density at radius 1 is 1.47 bits per heavy atom. The van der Waals surface area contributed by atoms with Crippen molar-refractivity contribution in [1.82, 2.24) is 10.2 Å². The van der Waals surface area contributed by atoms with Crippen LogP contribution in [0.2, 0.25) is 0 Å². The van der Waals surface area contributed by atoms with Gasteiger partial charge in [0, 0.05) is 19.1 Å². The average molecular weight is 208 g/mol. The Balaban J connectivity index is 2.40. The van der Waals surface area contributed by atoms with E-state index in [9.17, 15) is 0 Å². The molecule has 0 radical (unpaired) electrons. The number of hydrogen-bond donors (Lipinski definition) is 1. The van der Waals surface area contributed by atoms with Crippen molar-refractivity contribution in [2.75, 3.05) is 26.2 Å². The van der Waals surface area contributed by atoms with Crippen LogP contribution in [-0.4, -0.2) is 37.1 Å². The standard InChI is InChI=1S/C13H24N2/c1-4-5-8-15-9-6-7-14-13(11-15)10-12(2)3/h12-14H,6-11H2,1-3H3. The van der Waals surface area contributed by atoms with Gasteiger partial charge in [-0.1, -0.05) is 19.8 Å². The van der Waals surface area contributed by atoms with Crippen molar-refractivity contribution < 1.29 is 0 Å². The van der Waals surface area contributed by atoms with Gasteiger partial charge in [-0.2, -0.15) is 0 Å². The molecule has 0 aromatic rings. The molecule has 1 aliphatic rings. The summed E-state index contributed by atoms with van der Waals surface area (Å²) in [5.41, 5.74) is 0. The summed E-state index contributed by atoms with van der Waals surface area (Å²) < 4.78 is 0. The number of nitrogens with one attached hydrogen (secondary N) is 1. The molecule has 1 fully saturated rings. The first-order valence-corrected chi connectivity index (χ1v) is 6.07. The van der Waals surface area contributed by atoms with Crippen LogP contribution >= 0.6 is 0 Å². The zero-order valence-electron chi connectivity index (χ0n) is 10.3. The first kappa shape index (κ1) is 12.5. The van der Waals surface area contributed by atoms with Crippen molar-refractivity contribution in [1.29, 1.82) is 0 Å². The molecule has 0 saturated carbocycles. The van der Waals surface area contributed by atoms with Crippen LogP contribution in [0.15, 0.2) is 0 Å². The van der Waals surface area contributed by atoms with Gasteiger partial charge in [0.25, 0.3) is 0 Å². The third kappa shape index (κ3) is 5.20. The van der Waals surface area contributed by atoms with E-state index in [1.807, 2.05) is 6.92 Å². The van der Waals surface area contributed by atoms with Crippen LogP contribution < -0.4 is 5.32 Å². The first-order valence-electron chi connectivity index (χ1n) is 6.07. The van der Waals surface area contributed by atoms with Crippen molar-refractivity contribution in [2.45, 2.75) is 39.7 Å². The fourth-order valence-corrected chi connectivity index (χ4v) is 2.14. The molecule has 0 aromatic heterocycles. The predicted molar refractivity (Wildman–Crippen MR) is 65.8 cm³/mol. The molecule has 86 valence electrons. The molecule has 1 saturated heterocycles. The van der Waals surface area contributed by atoms with Gasteiger partial charge in [0.05, 0.1) is 6.54 Å². The van der Waals surface area contributed by atoms with Crippen LogP contribution in [0.5, 0.6) is 0 Å². The zero-order chi connectivity index (χ0) is 11.1. The van der Waals surface area contributed by atoms with Gasteiger partial charge in [-0.3, -0.25) is 4.90 Å². The van der Waals surface area contributed by atoms with Crippen molar-refractivity contribution >= 4 is 0 Å².